The van der Waals surface area contributed by atoms with Gasteiger partial charge in [-0.25, -0.2) is 0 Å². The third kappa shape index (κ3) is 4.93. The summed E-state index contributed by atoms with van der Waals surface area (Å²) in [7, 11) is 0. The maximum absolute atomic E-state index is 12.1. The Morgan fingerprint density at radius 1 is 1.00 bits per heavy atom. The first-order valence-corrected chi connectivity index (χ1v) is 9.08. The number of aryl methyl sites for hydroxylation is 2. The van der Waals surface area contributed by atoms with Gasteiger partial charge >= 0.3 is 0 Å². The van der Waals surface area contributed by atoms with Crippen molar-refractivity contribution in [3.63, 3.8) is 0 Å². The van der Waals surface area contributed by atoms with Crippen LogP contribution < -0.4 is 4.74 Å². The molecule has 3 heteroatoms. The average molecular weight is 340 g/mol. The van der Waals surface area contributed by atoms with E-state index in [0.29, 0.717) is 13.0 Å². The second kappa shape index (κ2) is 9.38. The van der Waals surface area contributed by atoms with Gasteiger partial charge in [0.25, 0.3) is 0 Å². The van der Waals surface area contributed by atoms with Gasteiger partial charge in [0, 0.05) is 18.6 Å². The van der Waals surface area contributed by atoms with Gasteiger partial charge in [0.05, 0.1) is 0 Å². The van der Waals surface area contributed by atoms with Gasteiger partial charge in [0.1, 0.15) is 5.75 Å². The van der Waals surface area contributed by atoms with E-state index in [1.54, 1.807) is 0 Å². The van der Waals surface area contributed by atoms with Crippen molar-refractivity contribution in [2.45, 2.75) is 47.0 Å². The Hall–Kier alpha value is -2.13. The summed E-state index contributed by atoms with van der Waals surface area (Å²) in [4.78, 5) is 12.1. The third-order valence-electron chi connectivity index (χ3n) is 4.28. The zero-order chi connectivity index (χ0) is 18.2. The maximum Gasteiger partial charge on any atom is 0.189 e. The molecular weight excluding hydrogens is 312 g/mol. The molecule has 0 N–H and O–H groups in total. The molecule has 0 spiro atoms. The molecule has 25 heavy (non-hydrogen) atoms. The monoisotopic (exact) mass is 340 g/mol. The zero-order valence-electron chi connectivity index (χ0n) is 15.7. The number of ether oxygens (including phenoxy) is 2. The third-order valence-corrected chi connectivity index (χ3v) is 4.28. The summed E-state index contributed by atoms with van der Waals surface area (Å²) in [6.45, 7) is 8.99. The molecule has 0 amide bonds. The smallest absolute Gasteiger partial charge is 0.189 e. The van der Waals surface area contributed by atoms with E-state index in [0.717, 1.165) is 29.7 Å². The number of hydrogen-bond acceptors (Lipinski definition) is 3. The van der Waals surface area contributed by atoms with Crippen LogP contribution in [0.3, 0.4) is 0 Å². The first-order chi connectivity index (χ1) is 12.1. The Bertz CT molecular complexity index is 719. The molecule has 0 bridgehead atoms. The van der Waals surface area contributed by atoms with E-state index in [9.17, 15) is 4.79 Å². The highest BCUT2D eigenvalue weighted by Crippen LogP contribution is 2.32. The summed E-state index contributed by atoms with van der Waals surface area (Å²) in [5.41, 5.74) is 5.53. The van der Waals surface area contributed by atoms with Crippen molar-refractivity contribution < 1.29 is 14.3 Å². The molecule has 0 aliphatic carbocycles. The molecule has 0 aliphatic rings. The quantitative estimate of drug-likeness (QED) is 0.339. The summed E-state index contributed by atoms with van der Waals surface area (Å²) in [5.74, 6) is 0.986. The zero-order valence-corrected chi connectivity index (χ0v) is 15.7. The van der Waals surface area contributed by atoms with Crippen molar-refractivity contribution in [3.05, 3.63) is 53.1 Å². The Balaban J connectivity index is 2.42. The van der Waals surface area contributed by atoms with Crippen LogP contribution in [0.1, 0.15) is 55.1 Å². The van der Waals surface area contributed by atoms with E-state index in [4.69, 9.17) is 9.47 Å². The highest BCUT2D eigenvalue weighted by molar-refractivity contribution is 5.96. The fourth-order valence-electron chi connectivity index (χ4n) is 2.88. The topological polar surface area (TPSA) is 35.5 Å². The molecule has 2 rings (SSSR count). The van der Waals surface area contributed by atoms with Gasteiger partial charge in [0.15, 0.2) is 12.6 Å². The Morgan fingerprint density at radius 2 is 1.80 bits per heavy atom. The van der Waals surface area contributed by atoms with Gasteiger partial charge in [-0.2, -0.15) is 0 Å². The van der Waals surface area contributed by atoms with Gasteiger partial charge in [-0.3, -0.25) is 4.79 Å². The van der Waals surface area contributed by atoms with Crippen LogP contribution in [-0.4, -0.2) is 19.2 Å². The van der Waals surface area contributed by atoms with Gasteiger partial charge in [-0.1, -0.05) is 38.5 Å². The molecule has 0 unspecified atom stereocenters. The van der Waals surface area contributed by atoms with Gasteiger partial charge in [-0.15, -0.1) is 0 Å². The minimum atomic E-state index is 0.189. The molecule has 0 saturated carbocycles. The van der Waals surface area contributed by atoms with Crippen molar-refractivity contribution in [2.75, 3.05) is 13.4 Å². The largest absolute Gasteiger partial charge is 0.468 e. The molecule has 2 aromatic carbocycles. The molecule has 0 aliphatic heterocycles. The lowest BCUT2D eigenvalue weighted by Gasteiger charge is -2.15. The van der Waals surface area contributed by atoms with Crippen LogP contribution in [0.15, 0.2) is 36.4 Å². The normalized spacial score (nSPS) is 10.7. The highest BCUT2D eigenvalue weighted by Gasteiger charge is 2.12. The van der Waals surface area contributed by atoms with Crippen LogP contribution in [0.4, 0.5) is 0 Å². The van der Waals surface area contributed by atoms with Crippen molar-refractivity contribution in [2.24, 2.45) is 0 Å². The molecule has 3 nitrogen and oxygen atoms in total. The number of rotatable bonds is 9. The number of carbonyl (C=O) groups is 1. The Morgan fingerprint density at radius 3 is 2.48 bits per heavy atom. The van der Waals surface area contributed by atoms with Crippen LogP contribution in [-0.2, 0) is 11.2 Å². The summed E-state index contributed by atoms with van der Waals surface area (Å²) in [5, 5.41) is 0. The SMILES string of the molecule is CCCc1cc(C(=O)CC)ccc1-c1cc(OCOCC)ccc1C. The predicted octanol–water partition coefficient (Wildman–Crippen LogP) is 5.58. The second-order valence-electron chi connectivity index (χ2n) is 6.13. The minimum absolute atomic E-state index is 0.189. The lowest BCUT2D eigenvalue weighted by molar-refractivity contribution is 0.0224. The van der Waals surface area contributed by atoms with Gasteiger partial charge < -0.3 is 9.47 Å². The lowest BCUT2D eigenvalue weighted by atomic mass is 9.91. The van der Waals surface area contributed by atoms with E-state index in [2.05, 4.69) is 38.1 Å². The second-order valence-corrected chi connectivity index (χ2v) is 6.13. The fraction of sp³-hybridized carbons (Fsp3) is 0.409. The average Bonchev–Trinajstić information content (AvgIpc) is 2.63. The summed E-state index contributed by atoms with van der Waals surface area (Å²) in [6, 6.07) is 12.2. The Kier molecular flexibility index (Phi) is 7.20. The van der Waals surface area contributed by atoms with Crippen LogP contribution in [0.5, 0.6) is 5.75 Å². The first kappa shape index (κ1) is 19.2. The van der Waals surface area contributed by atoms with Crippen LogP contribution in [0.25, 0.3) is 11.1 Å². The lowest BCUT2D eigenvalue weighted by Crippen LogP contribution is -2.03. The van der Waals surface area contributed by atoms with E-state index in [1.807, 2.05) is 26.0 Å². The van der Waals surface area contributed by atoms with Crippen molar-refractivity contribution in [1.29, 1.82) is 0 Å². The number of ketones is 1. The van der Waals surface area contributed by atoms with Crippen LogP contribution in [0, 0.1) is 6.92 Å². The molecule has 0 radical (unpaired) electrons. The van der Waals surface area contributed by atoms with Crippen molar-refractivity contribution in [1.82, 2.24) is 0 Å². The fourth-order valence-corrected chi connectivity index (χ4v) is 2.88. The molecular formula is C22H28O3. The van der Waals surface area contributed by atoms with Crippen molar-refractivity contribution in [3.8, 4) is 16.9 Å². The highest BCUT2D eigenvalue weighted by atomic mass is 16.7. The van der Waals surface area contributed by atoms with Gasteiger partial charge in [0.2, 0.25) is 0 Å². The maximum atomic E-state index is 12.1. The number of carbonyl (C=O) groups excluding carboxylic acids is 1. The van der Waals surface area contributed by atoms with Gasteiger partial charge in [-0.05, 0) is 60.7 Å². The molecule has 134 valence electrons. The summed E-state index contributed by atoms with van der Waals surface area (Å²) >= 11 is 0. The molecule has 0 atom stereocenters. The molecule has 2 aromatic rings. The number of hydrogen-bond donors (Lipinski definition) is 0. The van der Waals surface area contributed by atoms with Crippen molar-refractivity contribution >= 4 is 5.78 Å². The molecule has 0 heterocycles. The molecule has 0 saturated heterocycles. The summed E-state index contributed by atoms with van der Waals surface area (Å²) < 4.78 is 10.9. The summed E-state index contributed by atoms with van der Waals surface area (Å²) in [6.07, 6.45) is 2.52. The van der Waals surface area contributed by atoms with E-state index < -0.39 is 0 Å². The minimum Gasteiger partial charge on any atom is -0.468 e. The first-order valence-electron chi connectivity index (χ1n) is 9.08. The number of benzene rings is 2. The molecule has 0 aromatic heterocycles. The van der Waals surface area contributed by atoms with Crippen LogP contribution in [0.2, 0.25) is 0 Å². The van der Waals surface area contributed by atoms with Crippen LogP contribution >= 0.6 is 0 Å². The Labute approximate surface area is 151 Å². The predicted molar refractivity (Wildman–Crippen MR) is 102 cm³/mol. The van der Waals surface area contributed by atoms with E-state index >= 15 is 0 Å². The standard InChI is InChI=1S/C22H28O3/c1-5-8-17-13-18(22(23)6-2)10-12-20(17)21-14-19(11-9-16(21)4)25-15-24-7-3/h9-14H,5-8,15H2,1-4H3. The van der Waals surface area contributed by atoms with E-state index in [1.165, 1.54) is 16.7 Å². The van der Waals surface area contributed by atoms with E-state index in [-0.39, 0.29) is 12.6 Å². The number of Topliss-reactive ketones (excluding diaryl/α,β-unsaturated/α-hetero) is 1. The molecule has 0 fully saturated rings.